The molecule has 1 aromatic carbocycles. The van der Waals surface area contributed by atoms with Crippen LogP contribution in [0.5, 0.6) is 5.75 Å². The van der Waals surface area contributed by atoms with Crippen LogP contribution in [0.15, 0.2) is 34.9 Å². The van der Waals surface area contributed by atoms with Gasteiger partial charge in [0.2, 0.25) is 0 Å². The number of benzene rings is 1. The Morgan fingerprint density at radius 1 is 1.47 bits per heavy atom. The summed E-state index contributed by atoms with van der Waals surface area (Å²) in [5.41, 5.74) is 2.26. The van der Waals surface area contributed by atoms with E-state index in [-0.39, 0.29) is 17.2 Å². The molecule has 2 rings (SSSR count). The van der Waals surface area contributed by atoms with Crippen LogP contribution in [0.2, 0.25) is 5.02 Å². The Hall–Kier alpha value is -2.05. The average Bonchev–Trinajstić information content (AvgIpc) is 2.85. The van der Waals surface area contributed by atoms with Crippen LogP contribution >= 0.6 is 11.6 Å². The number of carbonyl (C=O) groups is 1. The molecule has 5 nitrogen and oxygen atoms in total. The van der Waals surface area contributed by atoms with Gasteiger partial charge in [0.1, 0.15) is 30.2 Å². The first-order chi connectivity index (χ1) is 9.10. The van der Waals surface area contributed by atoms with Crippen LogP contribution in [0.25, 0.3) is 0 Å². The molecular formula is C12H10ClFN2O3. The molecule has 0 unspecified atom stereocenters. The van der Waals surface area contributed by atoms with E-state index in [1.807, 2.05) is 5.43 Å². The summed E-state index contributed by atoms with van der Waals surface area (Å²) in [7, 11) is 0. The summed E-state index contributed by atoms with van der Waals surface area (Å²) < 4.78 is 23.3. The Kier molecular flexibility index (Phi) is 4.03. The van der Waals surface area contributed by atoms with Crippen molar-refractivity contribution in [2.45, 2.75) is 6.61 Å². The van der Waals surface area contributed by atoms with Crippen molar-refractivity contribution in [3.05, 3.63) is 52.7 Å². The summed E-state index contributed by atoms with van der Waals surface area (Å²) in [6.07, 6.45) is 1.26. The number of nitrogens with one attached hydrogen (secondary N) is 1. The van der Waals surface area contributed by atoms with Gasteiger partial charge >= 0.3 is 0 Å². The normalized spacial score (nSPS) is 10.3. The maximum absolute atomic E-state index is 12.8. The molecule has 0 aliphatic heterocycles. The standard InChI is InChI=1S/C12H10ClFN2O3/c13-10-4-8(14)1-2-11(10)19-6-9-3-7(5-18-9)12(17)16-15/h1-5H,6,15H2,(H,16,17). The average molecular weight is 285 g/mol. The van der Waals surface area contributed by atoms with Crippen molar-refractivity contribution < 1.29 is 18.3 Å². The van der Waals surface area contributed by atoms with E-state index >= 15 is 0 Å². The molecule has 0 aliphatic carbocycles. The largest absolute Gasteiger partial charge is 0.484 e. The Labute approximate surface area is 113 Å². The number of carbonyl (C=O) groups excluding carboxylic acids is 1. The highest BCUT2D eigenvalue weighted by atomic mass is 35.5. The highest BCUT2D eigenvalue weighted by Gasteiger charge is 2.10. The summed E-state index contributed by atoms with van der Waals surface area (Å²) in [5, 5.41) is 0.159. The topological polar surface area (TPSA) is 77.5 Å². The van der Waals surface area contributed by atoms with Gasteiger partial charge in [-0.05, 0) is 24.3 Å². The molecule has 1 heterocycles. The minimum absolute atomic E-state index is 0.0587. The lowest BCUT2D eigenvalue weighted by Crippen LogP contribution is -2.29. The lowest BCUT2D eigenvalue weighted by atomic mass is 10.3. The van der Waals surface area contributed by atoms with Gasteiger partial charge in [-0.1, -0.05) is 11.6 Å². The van der Waals surface area contributed by atoms with E-state index in [4.69, 9.17) is 26.6 Å². The van der Waals surface area contributed by atoms with E-state index in [1.54, 1.807) is 0 Å². The summed E-state index contributed by atoms with van der Waals surface area (Å²) in [4.78, 5) is 11.2. The van der Waals surface area contributed by atoms with Crippen LogP contribution in [-0.4, -0.2) is 5.91 Å². The number of hydrogen-bond donors (Lipinski definition) is 2. The van der Waals surface area contributed by atoms with Crippen molar-refractivity contribution in [1.82, 2.24) is 5.43 Å². The van der Waals surface area contributed by atoms with E-state index in [9.17, 15) is 9.18 Å². The van der Waals surface area contributed by atoms with Crippen molar-refractivity contribution >= 4 is 17.5 Å². The van der Waals surface area contributed by atoms with E-state index in [0.717, 1.165) is 6.07 Å². The van der Waals surface area contributed by atoms with Gasteiger partial charge in [-0.2, -0.15) is 0 Å². The van der Waals surface area contributed by atoms with E-state index < -0.39 is 11.7 Å². The van der Waals surface area contributed by atoms with Crippen molar-refractivity contribution in [3.63, 3.8) is 0 Å². The van der Waals surface area contributed by atoms with Gasteiger partial charge in [-0.3, -0.25) is 10.2 Å². The molecule has 0 atom stereocenters. The molecule has 0 saturated carbocycles. The van der Waals surface area contributed by atoms with Gasteiger partial charge in [0, 0.05) is 0 Å². The van der Waals surface area contributed by atoms with Gasteiger partial charge < -0.3 is 9.15 Å². The fourth-order valence-electron chi connectivity index (χ4n) is 1.40. The van der Waals surface area contributed by atoms with Crippen LogP contribution < -0.4 is 16.0 Å². The van der Waals surface area contributed by atoms with Gasteiger partial charge in [0.05, 0.1) is 10.6 Å². The smallest absolute Gasteiger partial charge is 0.268 e. The SMILES string of the molecule is NNC(=O)c1coc(COc2ccc(F)cc2Cl)c1. The van der Waals surface area contributed by atoms with Crippen LogP contribution in [-0.2, 0) is 6.61 Å². The summed E-state index contributed by atoms with van der Waals surface area (Å²) in [5.74, 6) is 4.82. The highest BCUT2D eigenvalue weighted by molar-refractivity contribution is 6.32. The molecular weight excluding hydrogens is 275 g/mol. The van der Waals surface area contributed by atoms with Crippen molar-refractivity contribution in [1.29, 1.82) is 0 Å². The Bertz CT molecular complexity index is 600. The van der Waals surface area contributed by atoms with Crippen molar-refractivity contribution in [2.75, 3.05) is 0 Å². The fourth-order valence-corrected chi connectivity index (χ4v) is 1.62. The number of nitrogens with two attached hydrogens (primary N) is 1. The second-order valence-corrected chi connectivity index (χ2v) is 4.05. The van der Waals surface area contributed by atoms with Crippen LogP contribution in [0, 0.1) is 5.82 Å². The maximum Gasteiger partial charge on any atom is 0.268 e. The molecule has 100 valence electrons. The number of halogens is 2. The first kappa shape index (κ1) is 13.4. The van der Waals surface area contributed by atoms with Crippen molar-refractivity contribution in [2.24, 2.45) is 5.84 Å². The quantitative estimate of drug-likeness (QED) is 0.513. The third-order valence-electron chi connectivity index (χ3n) is 2.31. The molecule has 1 aromatic heterocycles. The summed E-state index contributed by atoms with van der Waals surface area (Å²) in [6.45, 7) is 0.0587. The molecule has 0 bridgehead atoms. The minimum atomic E-state index is -0.463. The second kappa shape index (κ2) is 5.73. The molecule has 0 spiro atoms. The molecule has 0 radical (unpaired) electrons. The Morgan fingerprint density at radius 3 is 2.95 bits per heavy atom. The zero-order valence-corrected chi connectivity index (χ0v) is 10.4. The van der Waals surface area contributed by atoms with E-state index in [1.165, 1.54) is 24.5 Å². The van der Waals surface area contributed by atoms with Crippen LogP contribution in [0.3, 0.4) is 0 Å². The molecule has 1 amide bonds. The third-order valence-corrected chi connectivity index (χ3v) is 2.61. The lowest BCUT2D eigenvalue weighted by molar-refractivity contribution is 0.0953. The maximum atomic E-state index is 12.8. The lowest BCUT2D eigenvalue weighted by Gasteiger charge is -2.05. The minimum Gasteiger partial charge on any atom is -0.484 e. The van der Waals surface area contributed by atoms with Crippen LogP contribution in [0.1, 0.15) is 16.1 Å². The van der Waals surface area contributed by atoms with Gasteiger partial charge in [0.15, 0.2) is 0 Å². The van der Waals surface area contributed by atoms with Crippen molar-refractivity contribution in [3.8, 4) is 5.75 Å². The summed E-state index contributed by atoms with van der Waals surface area (Å²) in [6, 6.07) is 5.27. The van der Waals surface area contributed by atoms with E-state index in [2.05, 4.69) is 0 Å². The fraction of sp³-hybridized carbons (Fsp3) is 0.0833. The number of ether oxygens (including phenoxy) is 1. The first-order valence-electron chi connectivity index (χ1n) is 5.26. The molecule has 0 saturated heterocycles. The Morgan fingerprint density at radius 2 is 2.26 bits per heavy atom. The number of hydrogen-bond acceptors (Lipinski definition) is 4. The predicted octanol–water partition coefficient (Wildman–Crippen LogP) is 2.25. The summed E-state index contributed by atoms with van der Waals surface area (Å²) >= 11 is 5.80. The molecule has 7 heteroatoms. The van der Waals surface area contributed by atoms with Crippen LogP contribution in [0.4, 0.5) is 4.39 Å². The number of furan rings is 1. The number of hydrazine groups is 1. The Balaban J connectivity index is 2.02. The molecule has 0 fully saturated rings. The van der Waals surface area contributed by atoms with Gasteiger partial charge in [-0.25, -0.2) is 10.2 Å². The number of amides is 1. The highest BCUT2D eigenvalue weighted by Crippen LogP contribution is 2.25. The number of rotatable bonds is 4. The predicted molar refractivity (Wildman–Crippen MR) is 66.1 cm³/mol. The zero-order chi connectivity index (χ0) is 13.8. The second-order valence-electron chi connectivity index (χ2n) is 3.64. The van der Waals surface area contributed by atoms with Gasteiger partial charge in [0.25, 0.3) is 5.91 Å². The molecule has 19 heavy (non-hydrogen) atoms. The number of nitrogen functional groups attached to an aromatic ring is 1. The van der Waals surface area contributed by atoms with E-state index in [0.29, 0.717) is 11.5 Å². The zero-order valence-electron chi connectivity index (χ0n) is 9.65. The molecule has 3 N–H and O–H groups in total. The van der Waals surface area contributed by atoms with Gasteiger partial charge in [-0.15, -0.1) is 0 Å². The third kappa shape index (κ3) is 3.24. The molecule has 2 aromatic rings. The molecule has 0 aliphatic rings. The first-order valence-corrected chi connectivity index (χ1v) is 5.64. The monoisotopic (exact) mass is 284 g/mol.